The molecule has 0 aliphatic rings. The van der Waals surface area contributed by atoms with Crippen LogP contribution in [0.1, 0.15) is 25.1 Å². The second-order valence-electron chi connectivity index (χ2n) is 7.23. The summed E-state index contributed by atoms with van der Waals surface area (Å²) in [5.74, 6) is -0.475. The Bertz CT molecular complexity index is 1060. The predicted molar refractivity (Wildman–Crippen MR) is 122 cm³/mol. The number of carboxylic acids is 1. The molecule has 0 saturated carbocycles. The summed E-state index contributed by atoms with van der Waals surface area (Å²) >= 11 is 2.56. The third-order valence-electron chi connectivity index (χ3n) is 4.31. The lowest BCUT2D eigenvalue weighted by Gasteiger charge is -2.17. The number of aromatic nitrogens is 3. The summed E-state index contributed by atoms with van der Waals surface area (Å²) in [5.41, 5.74) is 1.24. The molecule has 0 aliphatic carbocycles. The molecule has 0 fully saturated rings. The van der Waals surface area contributed by atoms with Crippen molar-refractivity contribution < 1.29 is 23.1 Å². The quantitative estimate of drug-likeness (QED) is 0.417. The zero-order chi connectivity index (χ0) is 22.8. The van der Waals surface area contributed by atoms with Crippen molar-refractivity contribution >= 4 is 47.4 Å². The Balaban J connectivity index is 0.00000363. The number of anilines is 1. The van der Waals surface area contributed by atoms with E-state index in [4.69, 9.17) is 0 Å². The van der Waals surface area contributed by atoms with E-state index in [1.807, 2.05) is 5.38 Å². The number of nitrogens with zero attached hydrogens (tertiary/aromatic N) is 4. The van der Waals surface area contributed by atoms with Crippen molar-refractivity contribution in [2.75, 3.05) is 11.9 Å². The Labute approximate surface area is 197 Å². The van der Waals surface area contributed by atoms with Crippen molar-refractivity contribution in [2.24, 2.45) is 0 Å². The molecule has 0 radical (unpaired) electrons. The largest absolute Gasteiger partial charge is 0.480 e. The maximum Gasteiger partial charge on any atom is 0.416 e. The van der Waals surface area contributed by atoms with Crippen LogP contribution in [-0.2, 0) is 17.5 Å². The predicted octanol–water partition coefficient (Wildman–Crippen LogP) is 5.63. The molecule has 3 rings (SSSR count). The Morgan fingerprint density at radius 2 is 1.72 bits per heavy atom. The number of thiazole rings is 1. The SMILES string of the molecule is CN(Cc1csc(SC(C)(C)C(=O)O)n1)c1ncc(-c2ccc(C(F)(F)F)cc2)cn1.Cl. The summed E-state index contributed by atoms with van der Waals surface area (Å²) < 4.78 is 37.8. The first kappa shape index (κ1) is 25.9. The number of rotatable bonds is 7. The molecule has 0 spiro atoms. The minimum Gasteiger partial charge on any atom is -0.480 e. The average molecular weight is 505 g/mol. The number of alkyl halides is 3. The Hall–Kier alpha value is -2.37. The molecule has 0 unspecified atom stereocenters. The van der Waals surface area contributed by atoms with Gasteiger partial charge in [0.15, 0.2) is 4.34 Å². The number of hydrogen-bond acceptors (Lipinski definition) is 7. The molecular weight excluding hydrogens is 485 g/mol. The molecular formula is C20H20ClF3N4O2S2. The van der Waals surface area contributed by atoms with Crippen molar-refractivity contribution in [1.29, 1.82) is 0 Å². The number of hydrogen-bond donors (Lipinski definition) is 1. The molecule has 0 saturated heterocycles. The first-order chi connectivity index (χ1) is 14.5. The average Bonchev–Trinajstić information content (AvgIpc) is 3.13. The highest BCUT2D eigenvalue weighted by Crippen LogP contribution is 2.35. The van der Waals surface area contributed by atoms with E-state index in [1.165, 1.54) is 35.2 Å². The summed E-state index contributed by atoms with van der Waals surface area (Å²) in [4.78, 5) is 26.1. The third-order valence-corrected chi connectivity index (χ3v) is 6.48. The first-order valence-electron chi connectivity index (χ1n) is 9.03. The van der Waals surface area contributed by atoms with Crippen molar-refractivity contribution in [3.63, 3.8) is 0 Å². The van der Waals surface area contributed by atoms with Gasteiger partial charge in [-0.3, -0.25) is 4.79 Å². The molecule has 2 heterocycles. The normalized spacial score (nSPS) is 11.7. The van der Waals surface area contributed by atoms with Gasteiger partial charge in [-0.1, -0.05) is 23.9 Å². The first-order valence-corrected chi connectivity index (χ1v) is 10.7. The summed E-state index contributed by atoms with van der Waals surface area (Å²) in [6, 6.07) is 4.83. The third kappa shape index (κ3) is 6.33. The number of carboxylic acid groups (broad SMARTS) is 1. The van der Waals surface area contributed by atoms with Crippen LogP contribution in [0.25, 0.3) is 11.1 Å². The highest BCUT2D eigenvalue weighted by molar-refractivity contribution is 8.02. The monoisotopic (exact) mass is 504 g/mol. The zero-order valence-electron chi connectivity index (χ0n) is 17.3. The lowest BCUT2D eigenvalue weighted by molar-refractivity contribution is -0.139. The van der Waals surface area contributed by atoms with Crippen molar-refractivity contribution in [3.05, 3.63) is 53.3 Å². The highest BCUT2D eigenvalue weighted by Gasteiger charge is 2.30. The molecule has 172 valence electrons. The molecule has 0 bridgehead atoms. The van der Waals surface area contributed by atoms with Crippen molar-refractivity contribution in [1.82, 2.24) is 15.0 Å². The minimum atomic E-state index is -4.38. The van der Waals surface area contributed by atoms with Crippen molar-refractivity contribution in [2.45, 2.75) is 35.7 Å². The molecule has 0 amide bonds. The Kier molecular flexibility index (Phi) is 8.13. The maximum atomic E-state index is 12.7. The number of thioether (sulfide) groups is 1. The Morgan fingerprint density at radius 1 is 1.12 bits per heavy atom. The van der Waals surface area contributed by atoms with Crippen molar-refractivity contribution in [3.8, 4) is 11.1 Å². The highest BCUT2D eigenvalue weighted by atomic mass is 35.5. The Morgan fingerprint density at radius 3 is 2.25 bits per heavy atom. The van der Waals surface area contributed by atoms with Crippen LogP contribution in [0, 0.1) is 0 Å². The van der Waals surface area contributed by atoms with E-state index in [9.17, 15) is 23.1 Å². The molecule has 32 heavy (non-hydrogen) atoms. The van der Waals surface area contributed by atoms with Crippen LogP contribution >= 0.6 is 35.5 Å². The smallest absolute Gasteiger partial charge is 0.416 e. The minimum absolute atomic E-state index is 0. The van der Waals surface area contributed by atoms with Gasteiger partial charge in [-0.05, 0) is 31.5 Å². The van der Waals surface area contributed by atoms with E-state index < -0.39 is 22.5 Å². The molecule has 1 N–H and O–H groups in total. The van der Waals surface area contributed by atoms with E-state index in [2.05, 4.69) is 15.0 Å². The fourth-order valence-corrected chi connectivity index (χ4v) is 4.69. The van der Waals surface area contributed by atoms with Gasteiger partial charge in [0.1, 0.15) is 4.75 Å². The molecule has 0 atom stereocenters. The number of aliphatic carboxylic acids is 1. The van der Waals surface area contributed by atoms with Gasteiger partial charge < -0.3 is 10.0 Å². The summed E-state index contributed by atoms with van der Waals surface area (Å²) in [5, 5.41) is 11.1. The van der Waals surface area contributed by atoms with E-state index in [0.29, 0.717) is 28.0 Å². The molecule has 0 aliphatic heterocycles. The maximum absolute atomic E-state index is 12.7. The van der Waals surface area contributed by atoms with Gasteiger partial charge in [0.2, 0.25) is 5.95 Å². The summed E-state index contributed by atoms with van der Waals surface area (Å²) in [7, 11) is 1.79. The van der Waals surface area contributed by atoms with Crippen LogP contribution in [0.4, 0.5) is 19.1 Å². The second-order valence-corrected chi connectivity index (χ2v) is 9.95. The van der Waals surface area contributed by atoms with E-state index in [-0.39, 0.29) is 12.4 Å². The van der Waals surface area contributed by atoms with Gasteiger partial charge in [0, 0.05) is 30.4 Å². The van der Waals surface area contributed by atoms with Crippen LogP contribution in [0.5, 0.6) is 0 Å². The second kappa shape index (κ2) is 10.1. The van der Waals surface area contributed by atoms with Crippen LogP contribution in [0.3, 0.4) is 0 Å². The van der Waals surface area contributed by atoms with E-state index >= 15 is 0 Å². The summed E-state index contributed by atoms with van der Waals surface area (Å²) in [6.45, 7) is 3.67. The van der Waals surface area contributed by atoms with Gasteiger partial charge in [0.05, 0.1) is 17.8 Å². The van der Waals surface area contributed by atoms with Crippen LogP contribution in [0.15, 0.2) is 46.4 Å². The summed E-state index contributed by atoms with van der Waals surface area (Å²) in [6.07, 6.45) is -1.27. The van der Waals surface area contributed by atoms with Crippen LogP contribution in [-0.4, -0.2) is 37.8 Å². The number of halogens is 4. The van der Waals surface area contributed by atoms with E-state index in [1.54, 1.807) is 38.2 Å². The number of carbonyl (C=O) groups is 1. The molecule has 12 heteroatoms. The molecule has 1 aromatic carbocycles. The van der Waals surface area contributed by atoms with Gasteiger partial charge in [-0.2, -0.15) is 13.2 Å². The van der Waals surface area contributed by atoms with Crippen LogP contribution < -0.4 is 4.90 Å². The van der Waals surface area contributed by atoms with Crippen LogP contribution in [0.2, 0.25) is 0 Å². The molecule has 3 aromatic rings. The molecule has 2 aromatic heterocycles. The molecule has 6 nitrogen and oxygen atoms in total. The van der Waals surface area contributed by atoms with Gasteiger partial charge in [-0.25, -0.2) is 15.0 Å². The lowest BCUT2D eigenvalue weighted by Crippen LogP contribution is -2.26. The number of benzene rings is 1. The lowest BCUT2D eigenvalue weighted by atomic mass is 10.1. The fraction of sp³-hybridized carbons (Fsp3) is 0.300. The van der Waals surface area contributed by atoms with Gasteiger partial charge in [0.25, 0.3) is 0 Å². The van der Waals surface area contributed by atoms with Gasteiger partial charge >= 0.3 is 12.1 Å². The fourth-order valence-electron chi connectivity index (χ4n) is 2.50. The zero-order valence-corrected chi connectivity index (χ0v) is 19.7. The standard InChI is InChI=1S/C20H19F3N4O2S2.ClH/c1-19(2,16(28)29)31-18-26-15(11-30-18)10-27(3)17-24-8-13(9-25-17)12-4-6-14(7-5-12)20(21,22)23;/h4-9,11H,10H2,1-3H3,(H,28,29);1H. The topological polar surface area (TPSA) is 79.2 Å². The van der Waals surface area contributed by atoms with E-state index in [0.717, 1.165) is 17.8 Å². The van der Waals surface area contributed by atoms with Gasteiger partial charge in [-0.15, -0.1) is 23.7 Å².